The molecule has 1 heterocycles. The van der Waals surface area contributed by atoms with Gasteiger partial charge in [-0.1, -0.05) is 0 Å². The van der Waals surface area contributed by atoms with Gasteiger partial charge in [0.2, 0.25) is 0 Å². The summed E-state index contributed by atoms with van der Waals surface area (Å²) in [5.74, 6) is 1.57. The molecule has 0 spiro atoms. The molecule has 0 radical (unpaired) electrons. The Morgan fingerprint density at radius 3 is 2.55 bits per heavy atom. The van der Waals surface area contributed by atoms with E-state index in [1.807, 2.05) is 0 Å². The van der Waals surface area contributed by atoms with Gasteiger partial charge >= 0.3 is 0 Å². The Balaban J connectivity index is 1.98. The van der Waals surface area contributed by atoms with Gasteiger partial charge in [0.25, 0.3) is 0 Å². The normalized spacial score (nSPS) is 14.3. The highest BCUT2D eigenvalue weighted by Crippen LogP contribution is 2.36. The van der Waals surface area contributed by atoms with E-state index in [1.165, 1.54) is 29.5 Å². The molecule has 0 aliphatic heterocycles. The van der Waals surface area contributed by atoms with E-state index in [-0.39, 0.29) is 0 Å². The topological polar surface area (TPSA) is 30.5 Å². The Labute approximate surface area is 123 Å². The lowest BCUT2D eigenvalue weighted by Crippen LogP contribution is -2.16. The molecule has 0 bridgehead atoms. The number of hydrogen-bond donors (Lipinski definition) is 1. The van der Waals surface area contributed by atoms with Gasteiger partial charge in [0, 0.05) is 12.6 Å². The molecule has 0 atom stereocenters. The zero-order valence-corrected chi connectivity index (χ0v) is 12.6. The van der Waals surface area contributed by atoms with Crippen LogP contribution in [-0.2, 0) is 6.54 Å². The Kier molecular flexibility index (Phi) is 3.94. The number of rotatable bonds is 6. The Bertz CT molecular complexity index is 576. The van der Waals surface area contributed by atoms with Crippen molar-refractivity contribution in [2.24, 2.45) is 0 Å². The van der Waals surface area contributed by atoms with Crippen molar-refractivity contribution in [2.75, 3.05) is 14.2 Å². The first kappa shape index (κ1) is 13.5. The quantitative estimate of drug-likeness (QED) is 0.880. The number of nitrogens with one attached hydrogen (secondary N) is 1. The highest BCUT2D eigenvalue weighted by atomic mass is 32.1. The molecule has 1 aromatic carbocycles. The molecule has 1 aliphatic carbocycles. The zero-order chi connectivity index (χ0) is 13.9. The van der Waals surface area contributed by atoms with E-state index in [0.717, 1.165) is 18.0 Å². The predicted molar refractivity (Wildman–Crippen MR) is 82.7 cm³/mol. The first-order chi connectivity index (χ1) is 9.81. The smallest absolute Gasteiger partial charge is 0.161 e. The Hall–Kier alpha value is -1.52. The summed E-state index contributed by atoms with van der Waals surface area (Å²) in [5.41, 5.74) is 3.72. The molecule has 3 rings (SSSR count). The van der Waals surface area contributed by atoms with E-state index in [0.29, 0.717) is 6.04 Å². The van der Waals surface area contributed by atoms with Gasteiger partial charge < -0.3 is 14.8 Å². The summed E-state index contributed by atoms with van der Waals surface area (Å²) >= 11 is 1.71. The summed E-state index contributed by atoms with van der Waals surface area (Å²) in [6.45, 7) is 0.871. The third-order valence-corrected chi connectivity index (χ3v) is 4.28. The third kappa shape index (κ3) is 2.81. The third-order valence-electron chi connectivity index (χ3n) is 3.60. The number of thiophene rings is 1. The van der Waals surface area contributed by atoms with E-state index in [2.05, 4.69) is 34.3 Å². The maximum atomic E-state index is 5.43. The lowest BCUT2D eigenvalue weighted by molar-refractivity contribution is 0.354. The second-order valence-corrected chi connectivity index (χ2v) is 5.81. The minimum absolute atomic E-state index is 0.693. The van der Waals surface area contributed by atoms with Gasteiger partial charge in [-0.15, -0.1) is 0 Å². The SMILES string of the molecule is COc1cc(CNC2CC2)c(-c2ccsc2)cc1OC. The standard InChI is InChI=1S/C16H19NO2S/c1-18-15-7-12(9-17-13-3-4-13)14(8-16(15)19-2)11-5-6-20-10-11/h5-8,10,13,17H,3-4,9H2,1-2H3. The molecule has 3 nitrogen and oxygen atoms in total. The number of methoxy groups -OCH3 is 2. The molecule has 1 aromatic heterocycles. The molecule has 20 heavy (non-hydrogen) atoms. The zero-order valence-electron chi connectivity index (χ0n) is 11.8. The van der Waals surface area contributed by atoms with Crippen LogP contribution in [0, 0.1) is 0 Å². The van der Waals surface area contributed by atoms with Gasteiger partial charge in [0.1, 0.15) is 0 Å². The molecular formula is C16H19NO2S. The summed E-state index contributed by atoms with van der Waals surface area (Å²) in [5, 5.41) is 7.84. The molecule has 1 fully saturated rings. The minimum atomic E-state index is 0.693. The minimum Gasteiger partial charge on any atom is -0.493 e. The molecule has 4 heteroatoms. The predicted octanol–water partition coefficient (Wildman–Crippen LogP) is 3.68. The van der Waals surface area contributed by atoms with Crippen LogP contribution in [0.3, 0.4) is 0 Å². The molecule has 2 aromatic rings. The van der Waals surface area contributed by atoms with Crippen LogP contribution in [-0.4, -0.2) is 20.3 Å². The average molecular weight is 289 g/mol. The molecule has 106 valence electrons. The highest BCUT2D eigenvalue weighted by Gasteiger charge is 2.21. The number of hydrogen-bond acceptors (Lipinski definition) is 4. The second-order valence-electron chi connectivity index (χ2n) is 5.03. The van der Waals surface area contributed by atoms with Gasteiger partial charge in [-0.3, -0.25) is 0 Å². The lowest BCUT2D eigenvalue weighted by atomic mass is 10.0. The molecule has 0 unspecified atom stereocenters. The van der Waals surface area contributed by atoms with Crippen molar-refractivity contribution < 1.29 is 9.47 Å². The van der Waals surface area contributed by atoms with Crippen LogP contribution in [0.25, 0.3) is 11.1 Å². The van der Waals surface area contributed by atoms with Crippen LogP contribution in [0.1, 0.15) is 18.4 Å². The molecule has 0 amide bonds. The second kappa shape index (κ2) is 5.85. The average Bonchev–Trinajstić information content (AvgIpc) is 3.16. The van der Waals surface area contributed by atoms with E-state index in [1.54, 1.807) is 25.6 Å². The van der Waals surface area contributed by atoms with Crippen LogP contribution in [0.5, 0.6) is 11.5 Å². The van der Waals surface area contributed by atoms with Crippen molar-refractivity contribution in [3.05, 3.63) is 34.5 Å². The van der Waals surface area contributed by atoms with Gasteiger partial charge in [-0.05, 0) is 58.5 Å². The van der Waals surface area contributed by atoms with Crippen LogP contribution >= 0.6 is 11.3 Å². The van der Waals surface area contributed by atoms with Gasteiger partial charge in [0.15, 0.2) is 11.5 Å². The van der Waals surface area contributed by atoms with E-state index in [4.69, 9.17) is 9.47 Å². The van der Waals surface area contributed by atoms with Gasteiger partial charge in [-0.25, -0.2) is 0 Å². The first-order valence-electron chi connectivity index (χ1n) is 6.82. The monoisotopic (exact) mass is 289 g/mol. The van der Waals surface area contributed by atoms with Crippen molar-refractivity contribution >= 4 is 11.3 Å². The van der Waals surface area contributed by atoms with Crippen molar-refractivity contribution in [2.45, 2.75) is 25.4 Å². The number of benzene rings is 1. The molecule has 1 aliphatic rings. The van der Waals surface area contributed by atoms with Gasteiger partial charge in [0.05, 0.1) is 14.2 Å². The fraction of sp³-hybridized carbons (Fsp3) is 0.375. The Morgan fingerprint density at radius 1 is 1.20 bits per heavy atom. The van der Waals surface area contributed by atoms with Crippen LogP contribution in [0.15, 0.2) is 29.0 Å². The summed E-state index contributed by atoms with van der Waals surface area (Å²) in [7, 11) is 3.36. The van der Waals surface area contributed by atoms with E-state index in [9.17, 15) is 0 Å². The van der Waals surface area contributed by atoms with Crippen LogP contribution < -0.4 is 14.8 Å². The summed E-state index contributed by atoms with van der Waals surface area (Å²) in [6, 6.07) is 7.00. The molecule has 0 saturated heterocycles. The van der Waals surface area contributed by atoms with Crippen molar-refractivity contribution in [3.8, 4) is 22.6 Å². The Morgan fingerprint density at radius 2 is 1.95 bits per heavy atom. The van der Waals surface area contributed by atoms with E-state index < -0.39 is 0 Å². The molecule has 1 saturated carbocycles. The van der Waals surface area contributed by atoms with Gasteiger partial charge in [-0.2, -0.15) is 11.3 Å². The fourth-order valence-corrected chi connectivity index (χ4v) is 2.95. The molecule has 1 N–H and O–H groups in total. The summed E-state index contributed by atoms with van der Waals surface area (Å²) in [6.07, 6.45) is 2.59. The molecular weight excluding hydrogens is 270 g/mol. The van der Waals surface area contributed by atoms with Crippen molar-refractivity contribution in [3.63, 3.8) is 0 Å². The van der Waals surface area contributed by atoms with Crippen molar-refractivity contribution in [1.29, 1.82) is 0 Å². The van der Waals surface area contributed by atoms with Crippen LogP contribution in [0.4, 0.5) is 0 Å². The number of ether oxygens (including phenoxy) is 2. The first-order valence-corrected chi connectivity index (χ1v) is 7.77. The van der Waals surface area contributed by atoms with E-state index >= 15 is 0 Å². The lowest BCUT2D eigenvalue weighted by Gasteiger charge is -2.15. The van der Waals surface area contributed by atoms with Crippen molar-refractivity contribution in [1.82, 2.24) is 5.32 Å². The summed E-state index contributed by atoms with van der Waals surface area (Å²) < 4.78 is 10.8. The maximum Gasteiger partial charge on any atom is 0.161 e. The highest BCUT2D eigenvalue weighted by molar-refractivity contribution is 7.08. The largest absolute Gasteiger partial charge is 0.493 e. The maximum absolute atomic E-state index is 5.43. The summed E-state index contributed by atoms with van der Waals surface area (Å²) in [4.78, 5) is 0. The van der Waals surface area contributed by atoms with Crippen LogP contribution in [0.2, 0.25) is 0 Å². The fourth-order valence-electron chi connectivity index (χ4n) is 2.30.